The second-order valence-electron chi connectivity index (χ2n) is 5.51. The monoisotopic (exact) mass is 257 g/mol. The molecule has 1 aliphatic rings. The fourth-order valence-corrected chi connectivity index (χ4v) is 2.49. The minimum Gasteiger partial charge on any atom is -0.381 e. The number of ether oxygens (including phenoxy) is 2. The normalized spacial score (nSPS) is 19.0. The van der Waals surface area contributed by atoms with Crippen LogP contribution in [-0.4, -0.2) is 39.5 Å². The molecule has 1 rings (SSSR count). The fourth-order valence-electron chi connectivity index (χ4n) is 2.49. The van der Waals surface area contributed by atoms with Crippen LogP contribution in [0.4, 0.5) is 0 Å². The Hall–Kier alpha value is -0.120. The molecule has 0 amide bonds. The number of unbranched alkanes of at least 4 members (excludes halogenated alkanes) is 1. The molecule has 0 saturated carbocycles. The van der Waals surface area contributed by atoms with Gasteiger partial charge in [0, 0.05) is 33.0 Å². The zero-order valence-electron chi connectivity index (χ0n) is 12.3. The highest BCUT2D eigenvalue weighted by molar-refractivity contribution is 4.84. The Morgan fingerprint density at radius 1 is 1.11 bits per heavy atom. The van der Waals surface area contributed by atoms with E-state index in [4.69, 9.17) is 9.47 Å². The van der Waals surface area contributed by atoms with Crippen molar-refractivity contribution in [2.24, 2.45) is 5.41 Å². The lowest BCUT2D eigenvalue weighted by Gasteiger charge is -2.37. The number of nitrogens with one attached hydrogen (secondary N) is 1. The van der Waals surface area contributed by atoms with Crippen molar-refractivity contribution < 1.29 is 9.47 Å². The maximum absolute atomic E-state index is 5.74. The van der Waals surface area contributed by atoms with Gasteiger partial charge in [-0.25, -0.2) is 0 Å². The maximum Gasteiger partial charge on any atom is 0.0471 e. The van der Waals surface area contributed by atoms with Crippen LogP contribution >= 0.6 is 0 Å². The average molecular weight is 257 g/mol. The van der Waals surface area contributed by atoms with E-state index >= 15 is 0 Å². The van der Waals surface area contributed by atoms with Crippen LogP contribution in [0.2, 0.25) is 0 Å². The highest BCUT2D eigenvalue weighted by Gasteiger charge is 2.31. The minimum atomic E-state index is 0.416. The van der Waals surface area contributed by atoms with Gasteiger partial charge in [-0.1, -0.05) is 20.3 Å². The molecule has 0 aromatic rings. The molecule has 0 atom stereocenters. The Morgan fingerprint density at radius 3 is 2.56 bits per heavy atom. The third-order valence-corrected chi connectivity index (χ3v) is 3.90. The van der Waals surface area contributed by atoms with E-state index in [1.807, 2.05) is 0 Å². The quantitative estimate of drug-likeness (QED) is 0.610. The van der Waals surface area contributed by atoms with Gasteiger partial charge < -0.3 is 14.8 Å². The summed E-state index contributed by atoms with van der Waals surface area (Å²) >= 11 is 0. The van der Waals surface area contributed by atoms with E-state index in [1.165, 1.54) is 38.5 Å². The molecule has 1 N–H and O–H groups in total. The Labute approximate surface area is 113 Å². The molecule has 108 valence electrons. The SMILES string of the molecule is CCCCOCCC1(CNCCC)CCOCC1. The first-order valence-corrected chi connectivity index (χ1v) is 7.69. The van der Waals surface area contributed by atoms with Crippen LogP contribution in [0.1, 0.15) is 52.4 Å². The van der Waals surface area contributed by atoms with Crippen molar-refractivity contribution in [1.29, 1.82) is 0 Å². The van der Waals surface area contributed by atoms with Gasteiger partial charge in [-0.05, 0) is 44.1 Å². The van der Waals surface area contributed by atoms with E-state index in [1.54, 1.807) is 0 Å². The fraction of sp³-hybridized carbons (Fsp3) is 1.00. The summed E-state index contributed by atoms with van der Waals surface area (Å²) in [6.07, 6.45) is 7.15. The van der Waals surface area contributed by atoms with E-state index in [9.17, 15) is 0 Å². The highest BCUT2D eigenvalue weighted by Crippen LogP contribution is 2.33. The first kappa shape index (κ1) is 15.9. The largest absolute Gasteiger partial charge is 0.381 e. The van der Waals surface area contributed by atoms with Gasteiger partial charge in [0.05, 0.1) is 0 Å². The highest BCUT2D eigenvalue weighted by atomic mass is 16.5. The molecule has 0 spiro atoms. The van der Waals surface area contributed by atoms with Gasteiger partial charge in [-0.2, -0.15) is 0 Å². The zero-order valence-corrected chi connectivity index (χ0v) is 12.3. The summed E-state index contributed by atoms with van der Waals surface area (Å²) in [5, 5.41) is 3.59. The molecule has 3 nitrogen and oxygen atoms in total. The van der Waals surface area contributed by atoms with Gasteiger partial charge in [0.15, 0.2) is 0 Å². The van der Waals surface area contributed by atoms with Crippen LogP contribution in [0.15, 0.2) is 0 Å². The van der Waals surface area contributed by atoms with Crippen molar-refractivity contribution in [3.05, 3.63) is 0 Å². The van der Waals surface area contributed by atoms with Gasteiger partial charge in [-0.3, -0.25) is 0 Å². The van der Waals surface area contributed by atoms with Crippen LogP contribution in [-0.2, 0) is 9.47 Å². The number of hydrogen-bond donors (Lipinski definition) is 1. The van der Waals surface area contributed by atoms with Gasteiger partial charge in [0.2, 0.25) is 0 Å². The van der Waals surface area contributed by atoms with Crippen molar-refractivity contribution in [3.63, 3.8) is 0 Å². The molecule has 0 aromatic carbocycles. The van der Waals surface area contributed by atoms with Gasteiger partial charge in [0.25, 0.3) is 0 Å². The van der Waals surface area contributed by atoms with E-state index in [2.05, 4.69) is 19.2 Å². The molecule has 0 aliphatic carbocycles. The first-order chi connectivity index (χ1) is 8.83. The van der Waals surface area contributed by atoms with Crippen LogP contribution in [0, 0.1) is 5.41 Å². The van der Waals surface area contributed by atoms with Crippen molar-refractivity contribution in [2.45, 2.75) is 52.4 Å². The molecule has 3 heteroatoms. The smallest absolute Gasteiger partial charge is 0.0471 e. The summed E-state index contributed by atoms with van der Waals surface area (Å²) in [6, 6.07) is 0. The number of rotatable bonds is 10. The van der Waals surface area contributed by atoms with E-state index in [0.717, 1.165) is 39.5 Å². The minimum absolute atomic E-state index is 0.416. The Bertz CT molecular complexity index is 191. The standard InChI is InChI=1S/C15H31NO2/c1-3-5-10-17-11-6-15(14-16-9-4-2)7-12-18-13-8-15/h16H,3-14H2,1-2H3. The van der Waals surface area contributed by atoms with Gasteiger partial charge in [-0.15, -0.1) is 0 Å². The molecule has 0 unspecified atom stereocenters. The summed E-state index contributed by atoms with van der Waals surface area (Å²) in [7, 11) is 0. The predicted molar refractivity (Wildman–Crippen MR) is 76.0 cm³/mol. The maximum atomic E-state index is 5.74. The zero-order chi connectivity index (χ0) is 13.1. The molecule has 1 fully saturated rings. The molecule has 1 saturated heterocycles. The molecular weight excluding hydrogens is 226 g/mol. The predicted octanol–water partition coefficient (Wildman–Crippen LogP) is 2.99. The summed E-state index contributed by atoms with van der Waals surface area (Å²) in [4.78, 5) is 0. The first-order valence-electron chi connectivity index (χ1n) is 7.69. The number of hydrogen-bond acceptors (Lipinski definition) is 3. The van der Waals surface area contributed by atoms with E-state index in [0.29, 0.717) is 5.41 Å². The second-order valence-corrected chi connectivity index (χ2v) is 5.51. The molecule has 0 bridgehead atoms. The van der Waals surface area contributed by atoms with Crippen molar-refractivity contribution in [2.75, 3.05) is 39.5 Å². The molecule has 1 heterocycles. The van der Waals surface area contributed by atoms with Crippen molar-refractivity contribution in [3.8, 4) is 0 Å². The van der Waals surface area contributed by atoms with Crippen molar-refractivity contribution >= 4 is 0 Å². The Balaban J connectivity index is 2.25. The molecular formula is C15H31NO2. The van der Waals surface area contributed by atoms with Crippen LogP contribution in [0.5, 0.6) is 0 Å². The van der Waals surface area contributed by atoms with Gasteiger partial charge in [0.1, 0.15) is 0 Å². The van der Waals surface area contributed by atoms with Crippen LogP contribution in [0.25, 0.3) is 0 Å². The lowest BCUT2D eigenvalue weighted by molar-refractivity contribution is -0.00631. The van der Waals surface area contributed by atoms with Gasteiger partial charge >= 0.3 is 0 Å². The molecule has 1 aliphatic heterocycles. The molecule has 18 heavy (non-hydrogen) atoms. The Morgan fingerprint density at radius 2 is 1.89 bits per heavy atom. The molecule has 0 radical (unpaired) electrons. The third-order valence-electron chi connectivity index (χ3n) is 3.90. The summed E-state index contributed by atoms with van der Waals surface area (Å²) in [6.45, 7) is 10.3. The van der Waals surface area contributed by atoms with E-state index in [-0.39, 0.29) is 0 Å². The summed E-state index contributed by atoms with van der Waals surface area (Å²) in [5.41, 5.74) is 0.416. The summed E-state index contributed by atoms with van der Waals surface area (Å²) in [5.74, 6) is 0. The topological polar surface area (TPSA) is 30.5 Å². The average Bonchev–Trinajstić information content (AvgIpc) is 2.40. The van der Waals surface area contributed by atoms with Crippen LogP contribution < -0.4 is 5.32 Å². The van der Waals surface area contributed by atoms with E-state index < -0.39 is 0 Å². The lowest BCUT2D eigenvalue weighted by Crippen LogP contribution is -2.40. The summed E-state index contributed by atoms with van der Waals surface area (Å²) < 4.78 is 11.2. The third kappa shape index (κ3) is 6.17. The second kappa shape index (κ2) is 9.76. The van der Waals surface area contributed by atoms with Crippen molar-refractivity contribution in [1.82, 2.24) is 5.32 Å². The Kier molecular flexibility index (Phi) is 8.64. The van der Waals surface area contributed by atoms with Crippen LogP contribution in [0.3, 0.4) is 0 Å². The lowest BCUT2D eigenvalue weighted by atomic mass is 9.77. The molecule has 0 aromatic heterocycles.